The van der Waals surface area contributed by atoms with Crippen LogP contribution in [0, 0.1) is 0 Å². The zero-order chi connectivity index (χ0) is 16.1. The minimum absolute atomic E-state index is 0.275. The van der Waals surface area contributed by atoms with E-state index >= 15 is 0 Å². The van der Waals surface area contributed by atoms with Crippen LogP contribution >= 0.6 is 11.6 Å². The third-order valence-corrected chi connectivity index (χ3v) is 3.35. The fraction of sp³-hybridized carbons (Fsp3) is 0.235. The SMILES string of the molecule is C[C@@H](Oc1cccc(Cl)c1)C(=O)Nc1cccc([C@@H](C)O)c1. The number of rotatable bonds is 5. The second-order valence-electron chi connectivity index (χ2n) is 5.01. The number of benzene rings is 2. The number of anilines is 1. The monoisotopic (exact) mass is 319 g/mol. The van der Waals surface area contributed by atoms with Gasteiger partial charge >= 0.3 is 0 Å². The molecule has 0 fully saturated rings. The lowest BCUT2D eigenvalue weighted by Gasteiger charge is -2.15. The zero-order valence-corrected chi connectivity index (χ0v) is 13.2. The number of nitrogens with one attached hydrogen (secondary N) is 1. The lowest BCUT2D eigenvalue weighted by Crippen LogP contribution is -2.30. The molecule has 0 aromatic heterocycles. The maximum Gasteiger partial charge on any atom is 0.265 e. The number of amides is 1. The first-order valence-electron chi connectivity index (χ1n) is 6.97. The van der Waals surface area contributed by atoms with Crippen molar-refractivity contribution >= 4 is 23.2 Å². The molecule has 0 bridgehead atoms. The van der Waals surface area contributed by atoms with Crippen molar-refractivity contribution in [3.8, 4) is 5.75 Å². The Morgan fingerprint density at radius 1 is 1.18 bits per heavy atom. The Morgan fingerprint density at radius 3 is 2.59 bits per heavy atom. The molecular weight excluding hydrogens is 302 g/mol. The van der Waals surface area contributed by atoms with Gasteiger partial charge in [0.05, 0.1) is 6.10 Å². The van der Waals surface area contributed by atoms with Crippen molar-refractivity contribution in [2.75, 3.05) is 5.32 Å². The molecule has 2 N–H and O–H groups in total. The predicted molar refractivity (Wildman–Crippen MR) is 87.2 cm³/mol. The Hall–Kier alpha value is -2.04. The van der Waals surface area contributed by atoms with Crippen molar-refractivity contribution in [3.63, 3.8) is 0 Å². The summed E-state index contributed by atoms with van der Waals surface area (Å²) in [6, 6.07) is 14.0. The van der Waals surface area contributed by atoms with Crippen molar-refractivity contribution in [1.82, 2.24) is 0 Å². The number of aliphatic hydroxyl groups is 1. The van der Waals surface area contributed by atoms with Crippen molar-refractivity contribution < 1.29 is 14.6 Å². The van der Waals surface area contributed by atoms with Crippen LogP contribution in [0.3, 0.4) is 0 Å². The van der Waals surface area contributed by atoms with Gasteiger partial charge in [0.2, 0.25) is 0 Å². The second-order valence-corrected chi connectivity index (χ2v) is 5.44. The number of hydrogen-bond donors (Lipinski definition) is 2. The van der Waals surface area contributed by atoms with Gasteiger partial charge in [0.15, 0.2) is 6.10 Å². The minimum atomic E-state index is -0.673. The van der Waals surface area contributed by atoms with E-state index in [-0.39, 0.29) is 5.91 Å². The van der Waals surface area contributed by atoms with Gasteiger partial charge in [0.25, 0.3) is 5.91 Å². The van der Waals surface area contributed by atoms with Crippen LogP contribution in [0.15, 0.2) is 48.5 Å². The Labute approximate surface area is 134 Å². The van der Waals surface area contributed by atoms with Gasteiger partial charge in [-0.05, 0) is 49.7 Å². The fourth-order valence-corrected chi connectivity index (χ4v) is 2.10. The smallest absolute Gasteiger partial charge is 0.265 e. The number of carbonyl (C=O) groups excluding carboxylic acids is 1. The summed E-state index contributed by atoms with van der Waals surface area (Å²) in [5, 5.41) is 12.9. The molecule has 0 aliphatic carbocycles. The number of aliphatic hydroxyl groups excluding tert-OH is 1. The zero-order valence-electron chi connectivity index (χ0n) is 12.4. The average molecular weight is 320 g/mol. The minimum Gasteiger partial charge on any atom is -0.481 e. The van der Waals surface area contributed by atoms with E-state index in [2.05, 4.69) is 5.32 Å². The summed E-state index contributed by atoms with van der Waals surface area (Å²) in [6.45, 7) is 3.33. The largest absolute Gasteiger partial charge is 0.481 e. The Bertz CT molecular complexity index is 658. The van der Waals surface area contributed by atoms with E-state index in [1.54, 1.807) is 62.4 Å². The van der Waals surface area contributed by atoms with Gasteiger partial charge in [-0.2, -0.15) is 0 Å². The molecule has 0 saturated heterocycles. The highest BCUT2D eigenvalue weighted by Gasteiger charge is 2.15. The van der Waals surface area contributed by atoms with Crippen LogP contribution in [0.4, 0.5) is 5.69 Å². The predicted octanol–water partition coefficient (Wildman–Crippen LogP) is 3.80. The van der Waals surface area contributed by atoms with Gasteiger partial charge in [-0.25, -0.2) is 0 Å². The van der Waals surface area contributed by atoms with Crippen LogP contribution in [0.25, 0.3) is 0 Å². The molecule has 0 spiro atoms. The molecule has 0 unspecified atom stereocenters. The third-order valence-electron chi connectivity index (χ3n) is 3.11. The summed E-state index contributed by atoms with van der Waals surface area (Å²) in [4.78, 5) is 12.2. The Kier molecular flexibility index (Phi) is 5.41. The standard InChI is InChI=1S/C17H18ClNO3/c1-11(20)13-5-3-7-15(9-13)19-17(21)12(2)22-16-8-4-6-14(18)10-16/h3-12,20H,1-2H3,(H,19,21)/t11-,12-/m1/s1. The molecule has 0 aliphatic rings. The van der Waals surface area contributed by atoms with Crippen molar-refractivity contribution in [2.45, 2.75) is 26.1 Å². The van der Waals surface area contributed by atoms with Crippen LogP contribution in [-0.4, -0.2) is 17.1 Å². The lowest BCUT2D eigenvalue weighted by atomic mass is 10.1. The molecule has 2 aromatic rings. The van der Waals surface area contributed by atoms with E-state index in [4.69, 9.17) is 16.3 Å². The summed E-state index contributed by atoms with van der Waals surface area (Å²) < 4.78 is 5.56. The molecule has 0 heterocycles. The molecule has 4 nitrogen and oxygen atoms in total. The molecule has 22 heavy (non-hydrogen) atoms. The molecule has 116 valence electrons. The molecule has 0 saturated carbocycles. The van der Waals surface area contributed by atoms with Crippen LogP contribution in [0.2, 0.25) is 5.02 Å². The van der Waals surface area contributed by atoms with Gasteiger partial charge in [0.1, 0.15) is 5.75 Å². The van der Waals surface area contributed by atoms with E-state index in [1.807, 2.05) is 0 Å². The van der Waals surface area contributed by atoms with Gasteiger partial charge in [0, 0.05) is 10.7 Å². The first-order valence-corrected chi connectivity index (χ1v) is 7.34. The number of halogens is 1. The number of ether oxygens (including phenoxy) is 1. The van der Waals surface area contributed by atoms with Gasteiger partial charge in [-0.3, -0.25) is 4.79 Å². The van der Waals surface area contributed by atoms with E-state index in [9.17, 15) is 9.90 Å². The van der Waals surface area contributed by atoms with Crippen molar-refractivity contribution in [3.05, 3.63) is 59.1 Å². The molecule has 0 aliphatic heterocycles. The van der Waals surface area contributed by atoms with Crippen molar-refractivity contribution in [2.24, 2.45) is 0 Å². The highest BCUT2D eigenvalue weighted by atomic mass is 35.5. The summed E-state index contributed by atoms with van der Waals surface area (Å²) in [5.74, 6) is 0.260. The summed E-state index contributed by atoms with van der Waals surface area (Å²) >= 11 is 5.88. The van der Waals surface area contributed by atoms with Crippen LogP contribution in [-0.2, 0) is 4.79 Å². The van der Waals surface area contributed by atoms with E-state index in [0.29, 0.717) is 16.5 Å². The Balaban J connectivity index is 2.01. The molecule has 1 amide bonds. The van der Waals surface area contributed by atoms with Crippen LogP contribution in [0.5, 0.6) is 5.75 Å². The lowest BCUT2D eigenvalue weighted by molar-refractivity contribution is -0.122. The van der Waals surface area contributed by atoms with Crippen LogP contribution < -0.4 is 10.1 Å². The first kappa shape index (κ1) is 16.3. The quantitative estimate of drug-likeness (QED) is 0.881. The normalized spacial score (nSPS) is 13.3. The molecule has 2 rings (SSSR count). The van der Waals surface area contributed by atoms with Crippen molar-refractivity contribution in [1.29, 1.82) is 0 Å². The maximum absolute atomic E-state index is 12.2. The summed E-state index contributed by atoms with van der Waals surface area (Å²) in [6.07, 6.45) is -1.26. The van der Waals surface area contributed by atoms with Gasteiger partial charge < -0.3 is 15.2 Å². The van der Waals surface area contributed by atoms with E-state index < -0.39 is 12.2 Å². The second kappa shape index (κ2) is 7.29. The maximum atomic E-state index is 12.2. The Morgan fingerprint density at radius 2 is 1.91 bits per heavy atom. The number of hydrogen-bond acceptors (Lipinski definition) is 3. The van der Waals surface area contributed by atoms with Crippen LogP contribution in [0.1, 0.15) is 25.5 Å². The highest BCUT2D eigenvalue weighted by Crippen LogP contribution is 2.20. The summed E-state index contributed by atoms with van der Waals surface area (Å²) in [5.41, 5.74) is 1.35. The van der Waals surface area contributed by atoms with E-state index in [0.717, 1.165) is 5.56 Å². The highest BCUT2D eigenvalue weighted by molar-refractivity contribution is 6.30. The fourth-order valence-electron chi connectivity index (χ4n) is 1.92. The molecule has 0 radical (unpaired) electrons. The average Bonchev–Trinajstić information content (AvgIpc) is 2.47. The molecular formula is C17H18ClNO3. The molecule has 2 atom stereocenters. The number of carbonyl (C=O) groups is 1. The first-order chi connectivity index (χ1) is 10.5. The third kappa shape index (κ3) is 4.48. The van der Waals surface area contributed by atoms with Gasteiger partial charge in [-0.1, -0.05) is 29.8 Å². The summed E-state index contributed by atoms with van der Waals surface area (Å²) in [7, 11) is 0. The van der Waals surface area contributed by atoms with E-state index in [1.165, 1.54) is 0 Å². The molecule has 2 aromatic carbocycles. The molecule has 5 heteroatoms. The van der Waals surface area contributed by atoms with Gasteiger partial charge in [-0.15, -0.1) is 0 Å². The topological polar surface area (TPSA) is 58.6 Å².